The molecule has 0 saturated carbocycles. The van der Waals surface area contributed by atoms with E-state index in [2.05, 4.69) is 10.3 Å². The number of nitrogens with zero attached hydrogens (tertiary/aromatic N) is 1. The number of nitrogens with one attached hydrogen (secondary N) is 1. The molecule has 1 aliphatic heterocycles. The van der Waals surface area contributed by atoms with Crippen LogP contribution in [0.2, 0.25) is 0 Å². The highest BCUT2D eigenvalue weighted by Gasteiger charge is 2.38. The Kier molecular flexibility index (Phi) is 3.52. The normalized spacial score (nSPS) is 16.7. The number of rotatable bonds is 2. The summed E-state index contributed by atoms with van der Waals surface area (Å²) in [6.07, 6.45) is 3.01. The van der Waals surface area contributed by atoms with E-state index in [4.69, 9.17) is 9.47 Å². The summed E-state index contributed by atoms with van der Waals surface area (Å²) in [6.45, 7) is 4.94. The van der Waals surface area contributed by atoms with Gasteiger partial charge in [-0.2, -0.15) is 0 Å². The average molecular weight is 312 g/mol. The molecule has 6 heteroatoms. The number of anilines is 1. The van der Waals surface area contributed by atoms with Crippen LogP contribution in [-0.2, 0) is 19.1 Å². The SMILES string of the molecule is Cc1cc2cccnc2cc1NC=C1C(=O)OC(C)(C)OC1=O. The molecule has 0 atom stereocenters. The van der Waals surface area contributed by atoms with Crippen LogP contribution in [0.5, 0.6) is 0 Å². The first-order chi connectivity index (χ1) is 10.9. The summed E-state index contributed by atoms with van der Waals surface area (Å²) in [7, 11) is 0. The standard InChI is InChI=1S/C17H16N2O4/c1-10-7-11-5-4-6-18-14(11)8-13(10)19-9-12-15(20)22-17(2,3)23-16(12)21/h4-9,19H,1-3H3. The van der Waals surface area contributed by atoms with Crippen LogP contribution in [0.15, 0.2) is 42.2 Å². The molecule has 0 bridgehead atoms. The number of pyridine rings is 1. The summed E-state index contributed by atoms with van der Waals surface area (Å²) in [4.78, 5) is 28.1. The molecule has 0 unspecified atom stereocenters. The van der Waals surface area contributed by atoms with Crippen molar-refractivity contribution < 1.29 is 19.1 Å². The Morgan fingerprint density at radius 1 is 1.17 bits per heavy atom. The van der Waals surface area contributed by atoms with E-state index in [0.717, 1.165) is 22.2 Å². The molecule has 2 heterocycles. The van der Waals surface area contributed by atoms with Crippen LogP contribution in [-0.4, -0.2) is 22.7 Å². The Morgan fingerprint density at radius 2 is 1.87 bits per heavy atom. The molecule has 1 N–H and O–H groups in total. The van der Waals surface area contributed by atoms with E-state index in [9.17, 15) is 9.59 Å². The lowest BCUT2D eigenvalue weighted by Crippen LogP contribution is -2.42. The Bertz CT molecular complexity index is 818. The molecule has 118 valence electrons. The van der Waals surface area contributed by atoms with Crippen LogP contribution in [0.4, 0.5) is 5.69 Å². The maximum absolute atomic E-state index is 11.9. The van der Waals surface area contributed by atoms with Crippen molar-refractivity contribution in [2.45, 2.75) is 26.6 Å². The lowest BCUT2D eigenvalue weighted by Gasteiger charge is -2.29. The summed E-state index contributed by atoms with van der Waals surface area (Å²) in [5, 5.41) is 3.97. The zero-order valence-electron chi connectivity index (χ0n) is 13.0. The summed E-state index contributed by atoms with van der Waals surface area (Å²) in [5.74, 6) is -2.67. The predicted octanol–water partition coefficient (Wildman–Crippen LogP) is 2.68. The van der Waals surface area contributed by atoms with Crippen molar-refractivity contribution >= 4 is 28.5 Å². The fourth-order valence-corrected chi connectivity index (χ4v) is 2.32. The summed E-state index contributed by atoms with van der Waals surface area (Å²) < 4.78 is 10.1. The molecule has 3 rings (SSSR count). The van der Waals surface area contributed by atoms with E-state index >= 15 is 0 Å². The molecule has 1 saturated heterocycles. The minimum absolute atomic E-state index is 0.176. The van der Waals surface area contributed by atoms with Gasteiger partial charge in [0.15, 0.2) is 5.57 Å². The van der Waals surface area contributed by atoms with E-state index in [1.54, 1.807) is 6.20 Å². The molecule has 1 aliphatic rings. The monoisotopic (exact) mass is 312 g/mol. The van der Waals surface area contributed by atoms with Crippen molar-refractivity contribution in [2.24, 2.45) is 0 Å². The van der Waals surface area contributed by atoms with Crippen LogP contribution in [0.25, 0.3) is 10.9 Å². The van der Waals surface area contributed by atoms with E-state index in [-0.39, 0.29) is 5.57 Å². The second kappa shape index (κ2) is 5.39. The van der Waals surface area contributed by atoms with Gasteiger partial charge in [0, 0.05) is 37.3 Å². The van der Waals surface area contributed by atoms with Gasteiger partial charge in [-0.15, -0.1) is 0 Å². The highest BCUT2D eigenvalue weighted by atomic mass is 16.7. The van der Waals surface area contributed by atoms with Gasteiger partial charge in [0.2, 0.25) is 0 Å². The van der Waals surface area contributed by atoms with Gasteiger partial charge in [0.25, 0.3) is 5.79 Å². The van der Waals surface area contributed by atoms with E-state index in [1.165, 1.54) is 20.0 Å². The van der Waals surface area contributed by atoms with E-state index in [0.29, 0.717) is 0 Å². The molecule has 1 aromatic heterocycles. The van der Waals surface area contributed by atoms with Gasteiger partial charge in [-0.1, -0.05) is 6.07 Å². The molecular formula is C17H16N2O4. The third kappa shape index (κ3) is 3.01. The second-order valence-corrected chi connectivity index (χ2v) is 5.74. The highest BCUT2D eigenvalue weighted by Crippen LogP contribution is 2.25. The van der Waals surface area contributed by atoms with Crippen molar-refractivity contribution in [3.8, 4) is 0 Å². The third-order valence-electron chi connectivity index (χ3n) is 3.44. The molecule has 6 nitrogen and oxygen atoms in total. The summed E-state index contributed by atoms with van der Waals surface area (Å²) in [6, 6.07) is 7.66. The topological polar surface area (TPSA) is 77.5 Å². The predicted molar refractivity (Wildman–Crippen MR) is 84.4 cm³/mol. The number of carbonyl (C=O) groups is 2. The summed E-state index contributed by atoms with van der Waals surface area (Å²) >= 11 is 0. The first kappa shape index (κ1) is 15.0. The molecular weight excluding hydrogens is 296 g/mol. The quantitative estimate of drug-likeness (QED) is 0.522. The van der Waals surface area contributed by atoms with Gasteiger partial charge in [0.05, 0.1) is 5.52 Å². The number of hydrogen-bond acceptors (Lipinski definition) is 6. The first-order valence-corrected chi connectivity index (χ1v) is 7.14. The Hall–Kier alpha value is -2.89. The number of aryl methyl sites for hydroxylation is 1. The molecule has 0 radical (unpaired) electrons. The van der Waals surface area contributed by atoms with Crippen LogP contribution >= 0.6 is 0 Å². The molecule has 0 amide bonds. The van der Waals surface area contributed by atoms with Crippen molar-refractivity contribution in [3.63, 3.8) is 0 Å². The Balaban J connectivity index is 1.89. The zero-order valence-corrected chi connectivity index (χ0v) is 13.0. The number of benzene rings is 1. The van der Waals surface area contributed by atoms with Crippen LogP contribution in [0, 0.1) is 6.92 Å². The maximum Gasteiger partial charge on any atom is 0.350 e. The average Bonchev–Trinajstić information content (AvgIpc) is 2.45. The number of hydrogen-bond donors (Lipinski definition) is 1. The molecule has 1 aromatic carbocycles. The third-order valence-corrected chi connectivity index (χ3v) is 3.44. The van der Waals surface area contributed by atoms with Gasteiger partial charge >= 0.3 is 11.9 Å². The van der Waals surface area contributed by atoms with Crippen LogP contribution in [0.3, 0.4) is 0 Å². The molecule has 1 fully saturated rings. The minimum Gasteiger partial charge on any atom is -0.419 e. The van der Waals surface area contributed by atoms with Gasteiger partial charge in [0.1, 0.15) is 0 Å². The minimum atomic E-state index is -1.24. The fourth-order valence-electron chi connectivity index (χ4n) is 2.32. The van der Waals surface area contributed by atoms with E-state index in [1.807, 2.05) is 31.2 Å². The Morgan fingerprint density at radius 3 is 2.57 bits per heavy atom. The number of ether oxygens (including phenoxy) is 2. The second-order valence-electron chi connectivity index (χ2n) is 5.74. The van der Waals surface area contributed by atoms with Crippen LogP contribution in [0.1, 0.15) is 19.4 Å². The van der Waals surface area contributed by atoms with Crippen molar-refractivity contribution in [3.05, 3.63) is 47.8 Å². The fraction of sp³-hybridized carbons (Fsp3) is 0.235. The largest absolute Gasteiger partial charge is 0.419 e. The number of cyclic esters (lactones) is 2. The van der Waals surface area contributed by atoms with Crippen molar-refractivity contribution in [2.75, 3.05) is 5.32 Å². The lowest BCUT2D eigenvalue weighted by molar-refractivity contribution is -0.222. The van der Waals surface area contributed by atoms with Gasteiger partial charge in [-0.25, -0.2) is 9.59 Å². The molecule has 0 spiro atoms. The Labute approximate surface area is 133 Å². The zero-order chi connectivity index (χ0) is 16.6. The van der Waals surface area contributed by atoms with Crippen LogP contribution < -0.4 is 5.32 Å². The number of carbonyl (C=O) groups excluding carboxylic acids is 2. The van der Waals surface area contributed by atoms with Gasteiger partial charge < -0.3 is 14.8 Å². The van der Waals surface area contributed by atoms with E-state index < -0.39 is 17.7 Å². The van der Waals surface area contributed by atoms with Crippen molar-refractivity contribution in [1.29, 1.82) is 0 Å². The highest BCUT2D eigenvalue weighted by molar-refractivity contribution is 6.15. The van der Waals surface area contributed by atoms with Crippen molar-refractivity contribution in [1.82, 2.24) is 4.98 Å². The number of fused-ring (bicyclic) bond motifs is 1. The lowest BCUT2D eigenvalue weighted by atomic mass is 10.1. The van der Waals surface area contributed by atoms with Gasteiger partial charge in [-0.3, -0.25) is 4.98 Å². The molecule has 23 heavy (non-hydrogen) atoms. The number of aromatic nitrogens is 1. The number of esters is 2. The maximum atomic E-state index is 11.9. The molecule has 0 aliphatic carbocycles. The van der Waals surface area contributed by atoms with Gasteiger partial charge in [-0.05, 0) is 30.7 Å². The smallest absolute Gasteiger partial charge is 0.350 e. The molecule has 2 aromatic rings. The summed E-state index contributed by atoms with van der Waals surface area (Å²) in [5.41, 5.74) is 2.34. The first-order valence-electron chi connectivity index (χ1n) is 7.14.